The second-order valence-corrected chi connectivity index (χ2v) is 10.2. The molecular weight excluding hydrogens is 460 g/mol. The van der Waals surface area contributed by atoms with Gasteiger partial charge in [-0.1, -0.05) is 0 Å². The van der Waals surface area contributed by atoms with Crippen molar-refractivity contribution in [3.05, 3.63) is 81.8 Å². The first-order valence-corrected chi connectivity index (χ1v) is 12.9. The van der Waals surface area contributed by atoms with Gasteiger partial charge in [-0.3, -0.25) is 9.59 Å². The van der Waals surface area contributed by atoms with Crippen LogP contribution in [0.4, 0.5) is 0 Å². The molecule has 2 aliphatic carbocycles. The quantitative estimate of drug-likeness (QED) is 0.412. The number of H-pyrrole nitrogens is 2. The van der Waals surface area contributed by atoms with E-state index in [1.807, 2.05) is 37.4 Å². The molecule has 0 saturated heterocycles. The molecule has 4 heterocycles. The molecular formula is C26H34N6O4. The smallest absolute Gasteiger partial charge is 0.280 e. The number of aromatic amines is 2. The average Bonchev–Trinajstić information content (AvgIpc) is 3.70. The zero-order valence-electron chi connectivity index (χ0n) is 20.4. The molecule has 2 N–H and O–H groups in total. The molecule has 2 aliphatic rings. The summed E-state index contributed by atoms with van der Waals surface area (Å²) < 4.78 is 14.7. The van der Waals surface area contributed by atoms with E-state index in [4.69, 9.17) is 9.05 Å². The summed E-state index contributed by atoms with van der Waals surface area (Å²) in [7, 11) is 0. The van der Waals surface area contributed by atoms with Gasteiger partial charge < -0.3 is 18.2 Å². The highest BCUT2D eigenvalue weighted by Gasteiger charge is 2.26. The summed E-state index contributed by atoms with van der Waals surface area (Å²) in [5, 5.41) is 4.74. The first-order chi connectivity index (χ1) is 17.6. The van der Waals surface area contributed by atoms with Crippen molar-refractivity contribution in [1.29, 1.82) is 0 Å². The van der Waals surface area contributed by atoms with E-state index in [1.165, 1.54) is 25.7 Å². The standard InChI is InChI=1S/2C13H17N3O2/c2*17-13-7-12(18-15-13)11-3-1-10(2-4-11)8-16-6-5-14-9-16/h2*5-7,9-11H,1-4,8H2,(H,15,17). The molecule has 10 nitrogen and oxygen atoms in total. The number of rotatable bonds is 6. The third-order valence-corrected chi connectivity index (χ3v) is 7.64. The molecule has 0 atom stereocenters. The van der Waals surface area contributed by atoms with Crippen LogP contribution in [0.5, 0.6) is 0 Å². The predicted molar refractivity (Wildman–Crippen MR) is 133 cm³/mol. The minimum Gasteiger partial charge on any atom is -0.383 e. The van der Waals surface area contributed by atoms with Crippen molar-refractivity contribution in [1.82, 2.24) is 29.4 Å². The molecule has 0 aromatic carbocycles. The van der Waals surface area contributed by atoms with E-state index in [9.17, 15) is 9.59 Å². The van der Waals surface area contributed by atoms with Gasteiger partial charge in [0.05, 0.1) is 12.7 Å². The zero-order chi connectivity index (χ0) is 24.7. The van der Waals surface area contributed by atoms with E-state index >= 15 is 0 Å². The number of nitrogens with one attached hydrogen (secondary N) is 2. The normalized spacial score (nSPS) is 24.2. The average molecular weight is 495 g/mol. The maximum Gasteiger partial charge on any atom is 0.280 e. The minimum atomic E-state index is -0.134. The van der Waals surface area contributed by atoms with Gasteiger partial charge in [-0.2, -0.15) is 10.3 Å². The van der Waals surface area contributed by atoms with E-state index in [0.717, 1.165) is 50.3 Å². The van der Waals surface area contributed by atoms with Gasteiger partial charge >= 0.3 is 0 Å². The van der Waals surface area contributed by atoms with Gasteiger partial charge in [0, 0.05) is 61.8 Å². The molecule has 4 aromatic rings. The highest BCUT2D eigenvalue weighted by Crippen LogP contribution is 2.36. The van der Waals surface area contributed by atoms with Gasteiger partial charge in [-0.05, 0) is 63.2 Å². The van der Waals surface area contributed by atoms with Crippen LogP contribution in [-0.2, 0) is 13.1 Å². The van der Waals surface area contributed by atoms with E-state index in [0.29, 0.717) is 23.7 Å². The number of hydrogen-bond acceptors (Lipinski definition) is 6. The van der Waals surface area contributed by atoms with Crippen LogP contribution >= 0.6 is 0 Å². The van der Waals surface area contributed by atoms with Crippen molar-refractivity contribution in [2.75, 3.05) is 0 Å². The molecule has 0 aliphatic heterocycles. The van der Waals surface area contributed by atoms with Crippen LogP contribution in [0, 0.1) is 11.8 Å². The summed E-state index contributed by atoms with van der Waals surface area (Å²) in [5.74, 6) is 3.87. The lowest BCUT2D eigenvalue weighted by Gasteiger charge is -2.27. The molecule has 2 saturated carbocycles. The van der Waals surface area contributed by atoms with E-state index in [-0.39, 0.29) is 11.1 Å². The molecule has 10 heteroatoms. The summed E-state index contributed by atoms with van der Waals surface area (Å²) in [6.45, 7) is 2.09. The number of hydrogen-bond donors (Lipinski definition) is 2. The Morgan fingerprint density at radius 3 is 1.42 bits per heavy atom. The molecule has 36 heavy (non-hydrogen) atoms. The Morgan fingerprint density at radius 2 is 1.11 bits per heavy atom. The highest BCUT2D eigenvalue weighted by molar-refractivity contribution is 5.04. The molecule has 0 unspecified atom stereocenters. The van der Waals surface area contributed by atoms with Crippen molar-refractivity contribution < 1.29 is 9.05 Å². The molecule has 0 radical (unpaired) electrons. The topological polar surface area (TPSA) is 128 Å². The molecule has 2 fully saturated rings. The van der Waals surface area contributed by atoms with Gasteiger partial charge in [-0.15, -0.1) is 0 Å². The second kappa shape index (κ2) is 11.5. The molecule has 4 aromatic heterocycles. The van der Waals surface area contributed by atoms with E-state index in [2.05, 4.69) is 29.4 Å². The van der Waals surface area contributed by atoms with Crippen LogP contribution in [0.15, 0.2) is 68.2 Å². The Bertz CT molecular complexity index is 1170. The Kier molecular flexibility index (Phi) is 7.68. The van der Waals surface area contributed by atoms with Crippen LogP contribution < -0.4 is 11.1 Å². The fourth-order valence-electron chi connectivity index (χ4n) is 5.64. The van der Waals surface area contributed by atoms with Gasteiger partial charge in [0.25, 0.3) is 11.1 Å². The monoisotopic (exact) mass is 494 g/mol. The maximum absolute atomic E-state index is 11.0. The van der Waals surface area contributed by atoms with Crippen molar-refractivity contribution in [3.8, 4) is 0 Å². The Hall–Kier alpha value is -3.56. The van der Waals surface area contributed by atoms with Gasteiger partial charge in [0.2, 0.25) is 0 Å². The summed E-state index contributed by atoms with van der Waals surface area (Å²) >= 11 is 0. The van der Waals surface area contributed by atoms with Crippen LogP contribution in [0.3, 0.4) is 0 Å². The predicted octanol–water partition coefficient (Wildman–Crippen LogP) is 4.28. The molecule has 0 bridgehead atoms. The van der Waals surface area contributed by atoms with Crippen LogP contribution in [0.25, 0.3) is 0 Å². The van der Waals surface area contributed by atoms with Crippen LogP contribution in [-0.4, -0.2) is 29.4 Å². The van der Waals surface area contributed by atoms with Gasteiger partial charge in [0.15, 0.2) is 0 Å². The van der Waals surface area contributed by atoms with Crippen molar-refractivity contribution in [2.45, 2.75) is 76.3 Å². The first kappa shape index (κ1) is 24.1. The highest BCUT2D eigenvalue weighted by atomic mass is 16.5. The van der Waals surface area contributed by atoms with E-state index < -0.39 is 0 Å². The molecule has 0 spiro atoms. The van der Waals surface area contributed by atoms with Crippen LogP contribution in [0.1, 0.15) is 74.7 Å². The number of aromatic nitrogens is 6. The summed E-state index contributed by atoms with van der Waals surface area (Å²) in [5.41, 5.74) is -0.268. The second-order valence-electron chi connectivity index (χ2n) is 10.2. The third kappa shape index (κ3) is 6.35. The number of nitrogens with zero attached hydrogens (tertiary/aromatic N) is 4. The molecule has 0 amide bonds. The van der Waals surface area contributed by atoms with Crippen LogP contribution in [0.2, 0.25) is 0 Å². The fourth-order valence-corrected chi connectivity index (χ4v) is 5.64. The SMILES string of the molecule is O=c1cc(C2CCC(Cn3ccnc3)CC2)o[nH]1.O=c1cc(C2CCC(Cn3ccnc3)CC2)o[nH]1. The summed E-state index contributed by atoms with van der Waals surface area (Å²) in [6, 6.07) is 3.17. The Morgan fingerprint density at radius 1 is 0.694 bits per heavy atom. The van der Waals surface area contributed by atoms with Crippen molar-refractivity contribution in [3.63, 3.8) is 0 Å². The molecule has 6 rings (SSSR count). The summed E-state index contributed by atoms with van der Waals surface area (Å²) in [4.78, 5) is 30.2. The largest absolute Gasteiger partial charge is 0.383 e. The van der Waals surface area contributed by atoms with Gasteiger partial charge in [-0.25, -0.2) is 9.97 Å². The molecule has 192 valence electrons. The lowest BCUT2D eigenvalue weighted by Crippen LogP contribution is -2.17. The number of imidazole rings is 2. The summed E-state index contributed by atoms with van der Waals surface area (Å²) in [6.07, 6.45) is 20.5. The third-order valence-electron chi connectivity index (χ3n) is 7.64. The minimum absolute atomic E-state index is 0.134. The Balaban J connectivity index is 0.000000148. The van der Waals surface area contributed by atoms with E-state index in [1.54, 1.807) is 12.1 Å². The van der Waals surface area contributed by atoms with Gasteiger partial charge in [0.1, 0.15) is 11.5 Å². The first-order valence-electron chi connectivity index (χ1n) is 12.9. The fraction of sp³-hybridized carbons (Fsp3) is 0.538. The lowest BCUT2D eigenvalue weighted by molar-refractivity contribution is 0.258. The van der Waals surface area contributed by atoms with Crippen molar-refractivity contribution in [2.24, 2.45) is 11.8 Å². The zero-order valence-corrected chi connectivity index (χ0v) is 20.4. The maximum atomic E-state index is 11.0. The Labute approximate surface area is 208 Å². The lowest BCUT2D eigenvalue weighted by atomic mass is 9.81. The van der Waals surface area contributed by atoms with Crippen molar-refractivity contribution >= 4 is 0 Å².